The van der Waals surface area contributed by atoms with Gasteiger partial charge in [-0.05, 0) is 13.3 Å². The maximum Gasteiger partial charge on any atom is 0.327 e. The third-order valence-corrected chi connectivity index (χ3v) is 1.65. The van der Waals surface area contributed by atoms with Crippen molar-refractivity contribution in [2.45, 2.75) is 52.1 Å². The van der Waals surface area contributed by atoms with Crippen LogP contribution >= 0.6 is 0 Å². The number of aliphatic hydroxyl groups is 1. The number of carbonyl (C=O) groups is 1. The van der Waals surface area contributed by atoms with Gasteiger partial charge in [-0.3, -0.25) is 0 Å². The monoisotopic (exact) mass is 202 g/mol. The summed E-state index contributed by atoms with van der Waals surface area (Å²) in [6.45, 7) is 7.01. The van der Waals surface area contributed by atoms with E-state index in [0.29, 0.717) is 0 Å². The first-order chi connectivity index (χ1) is 6.54. The molecule has 0 aliphatic rings. The summed E-state index contributed by atoms with van der Waals surface area (Å²) >= 11 is 0. The van der Waals surface area contributed by atoms with Crippen LogP contribution in [0.4, 0.5) is 0 Å². The lowest BCUT2D eigenvalue weighted by Crippen LogP contribution is -1.97. The molecule has 3 nitrogen and oxygen atoms in total. The third kappa shape index (κ3) is 22.5. The summed E-state index contributed by atoms with van der Waals surface area (Å²) in [4.78, 5) is 9.25. The number of aliphatic hydroxyl groups excluding tert-OH is 1. The molecule has 0 saturated heterocycles. The van der Waals surface area contributed by atoms with Crippen LogP contribution in [0.15, 0.2) is 12.7 Å². The summed E-state index contributed by atoms with van der Waals surface area (Å²) < 4.78 is 0. The Hall–Kier alpha value is -0.830. The maximum absolute atomic E-state index is 9.25. The second-order valence-electron chi connectivity index (χ2n) is 3.24. The lowest BCUT2D eigenvalue weighted by Gasteiger charge is -2.01. The molecule has 0 radical (unpaired) electrons. The minimum Gasteiger partial charge on any atom is -0.478 e. The first-order valence-electron chi connectivity index (χ1n) is 5.08. The molecule has 1 unspecified atom stereocenters. The molecule has 84 valence electrons. The van der Waals surface area contributed by atoms with Gasteiger partial charge in [0.1, 0.15) is 0 Å². The molecule has 0 aromatic carbocycles. The van der Waals surface area contributed by atoms with Crippen molar-refractivity contribution in [3.63, 3.8) is 0 Å². The Morgan fingerprint density at radius 1 is 1.43 bits per heavy atom. The zero-order valence-corrected chi connectivity index (χ0v) is 9.20. The van der Waals surface area contributed by atoms with Gasteiger partial charge in [-0.15, -0.1) is 0 Å². The fourth-order valence-electron chi connectivity index (χ4n) is 0.867. The average Bonchev–Trinajstić information content (AvgIpc) is 2.13. The molecule has 0 aliphatic heterocycles. The zero-order chi connectivity index (χ0) is 11.4. The second kappa shape index (κ2) is 12.2. The van der Waals surface area contributed by atoms with Crippen molar-refractivity contribution in [1.82, 2.24) is 0 Å². The Morgan fingerprint density at radius 3 is 2.21 bits per heavy atom. The molecule has 0 aliphatic carbocycles. The predicted molar refractivity (Wildman–Crippen MR) is 58.3 cm³/mol. The van der Waals surface area contributed by atoms with Crippen molar-refractivity contribution in [2.75, 3.05) is 0 Å². The Morgan fingerprint density at radius 2 is 1.93 bits per heavy atom. The van der Waals surface area contributed by atoms with E-state index in [4.69, 9.17) is 10.2 Å². The van der Waals surface area contributed by atoms with E-state index in [2.05, 4.69) is 13.5 Å². The summed E-state index contributed by atoms with van der Waals surface area (Å²) in [5.74, 6) is -0.981. The summed E-state index contributed by atoms with van der Waals surface area (Å²) in [7, 11) is 0. The van der Waals surface area contributed by atoms with E-state index in [1.807, 2.05) is 6.92 Å². The fourth-order valence-corrected chi connectivity index (χ4v) is 0.867. The highest BCUT2D eigenvalue weighted by molar-refractivity contribution is 5.78. The first-order valence-corrected chi connectivity index (χ1v) is 5.08. The molecule has 2 N–H and O–H groups in total. The average molecular weight is 202 g/mol. The number of hydrogen-bond acceptors (Lipinski definition) is 2. The van der Waals surface area contributed by atoms with Gasteiger partial charge in [0, 0.05) is 6.08 Å². The highest BCUT2D eigenvalue weighted by Gasteiger charge is 1.93. The smallest absolute Gasteiger partial charge is 0.327 e. The Kier molecular flexibility index (Phi) is 13.6. The molecule has 0 fully saturated rings. The van der Waals surface area contributed by atoms with Gasteiger partial charge < -0.3 is 10.2 Å². The van der Waals surface area contributed by atoms with Crippen molar-refractivity contribution in [3.05, 3.63) is 12.7 Å². The molecular formula is C11H22O3. The van der Waals surface area contributed by atoms with Gasteiger partial charge in [-0.1, -0.05) is 39.2 Å². The van der Waals surface area contributed by atoms with Gasteiger partial charge in [-0.2, -0.15) is 0 Å². The summed E-state index contributed by atoms with van der Waals surface area (Å²) in [5, 5.41) is 16.5. The normalized spacial score (nSPS) is 11.1. The molecule has 1 atom stereocenters. The molecule has 0 aromatic rings. The van der Waals surface area contributed by atoms with E-state index in [1.165, 1.54) is 25.7 Å². The SMILES string of the molecule is C=CC(=O)O.CCCCCCC(C)O. The van der Waals surface area contributed by atoms with Gasteiger partial charge in [0.25, 0.3) is 0 Å². The van der Waals surface area contributed by atoms with E-state index in [1.54, 1.807) is 0 Å². The Labute approximate surface area is 86.5 Å². The van der Waals surface area contributed by atoms with Crippen LogP contribution < -0.4 is 0 Å². The van der Waals surface area contributed by atoms with Crippen LogP contribution in [-0.2, 0) is 4.79 Å². The number of aliphatic carboxylic acids is 1. The summed E-state index contributed by atoms with van der Waals surface area (Å²) in [6, 6.07) is 0. The quantitative estimate of drug-likeness (QED) is 0.514. The van der Waals surface area contributed by atoms with Gasteiger partial charge in [0.15, 0.2) is 0 Å². The molecule has 0 amide bonds. The van der Waals surface area contributed by atoms with Crippen LogP contribution in [-0.4, -0.2) is 22.3 Å². The highest BCUT2D eigenvalue weighted by atomic mass is 16.4. The van der Waals surface area contributed by atoms with E-state index in [-0.39, 0.29) is 6.10 Å². The summed E-state index contributed by atoms with van der Waals surface area (Å²) in [6.07, 6.45) is 6.77. The number of hydrogen-bond donors (Lipinski definition) is 2. The molecule has 0 spiro atoms. The largest absolute Gasteiger partial charge is 0.478 e. The lowest BCUT2D eigenvalue weighted by molar-refractivity contribution is -0.131. The highest BCUT2D eigenvalue weighted by Crippen LogP contribution is 2.04. The van der Waals surface area contributed by atoms with Crippen LogP contribution in [0, 0.1) is 0 Å². The molecule has 3 heteroatoms. The van der Waals surface area contributed by atoms with Gasteiger partial charge in [0.05, 0.1) is 6.10 Å². The Balaban J connectivity index is 0. The number of carboxylic acid groups (broad SMARTS) is 1. The van der Waals surface area contributed by atoms with Gasteiger partial charge >= 0.3 is 5.97 Å². The molecule has 0 bridgehead atoms. The zero-order valence-electron chi connectivity index (χ0n) is 9.20. The van der Waals surface area contributed by atoms with Crippen molar-refractivity contribution in [3.8, 4) is 0 Å². The molecule has 0 saturated carbocycles. The van der Waals surface area contributed by atoms with Crippen molar-refractivity contribution < 1.29 is 15.0 Å². The van der Waals surface area contributed by atoms with Crippen molar-refractivity contribution >= 4 is 5.97 Å². The minimum absolute atomic E-state index is 0.0955. The second-order valence-corrected chi connectivity index (χ2v) is 3.24. The number of unbranched alkanes of at least 4 members (excludes halogenated alkanes) is 3. The van der Waals surface area contributed by atoms with E-state index >= 15 is 0 Å². The molecule has 0 rings (SSSR count). The predicted octanol–water partition coefficient (Wildman–Crippen LogP) is 2.59. The third-order valence-electron chi connectivity index (χ3n) is 1.65. The number of carboxylic acids is 1. The van der Waals surface area contributed by atoms with Crippen LogP contribution in [0.5, 0.6) is 0 Å². The van der Waals surface area contributed by atoms with Crippen LogP contribution in [0.25, 0.3) is 0 Å². The van der Waals surface area contributed by atoms with E-state index in [0.717, 1.165) is 12.5 Å². The first kappa shape index (κ1) is 15.6. The van der Waals surface area contributed by atoms with E-state index in [9.17, 15) is 4.79 Å². The molecule has 0 heterocycles. The molecule has 14 heavy (non-hydrogen) atoms. The lowest BCUT2D eigenvalue weighted by atomic mass is 10.1. The van der Waals surface area contributed by atoms with Crippen LogP contribution in [0.1, 0.15) is 46.0 Å². The van der Waals surface area contributed by atoms with Crippen molar-refractivity contribution in [2.24, 2.45) is 0 Å². The van der Waals surface area contributed by atoms with Gasteiger partial charge in [0.2, 0.25) is 0 Å². The summed E-state index contributed by atoms with van der Waals surface area (Å²) in [5.41, 5.74) is 0. The van der Waals surface area contributed by atoms with Crippen molar-refractivity contribution in [1.29, 1.82) is 0 Å². The molecule has 0 aromatic heterocycles. The molecular weight excluding hydrogens is 180 g/mol. The number of rotatable bonds is 6. The van der Waals surface area contributed by atoms with E-state index < -0.39 is 5.97 Å². The van der Waals surface area contributed by atoms with Crippen LogP contribution in [0.3, 0.4) is 0 Å². The minimum atomic E-state index is -0.981. The maximum atomic E-state index is 9.25. The topological polar surface area (TPSA) is 57.5 Å². The van der Waals surface area contributed by atoms with Gasteiger partial charge in [-0.25, -0.2) is 4.79 Å². The van der Waals surface area contributed by atoms with Crippen LogP contribution in [0.2, 0.25) is 0 Å². The Bertz CT molecular complexity index is 141. The fraction of sp³-hybridized carbons (Fsp3) is 0.727. The standard InChI is InChI=1S/C8H18O.C3H4O2/c1-3-4-5-6-7-8(2)9;1-2-3(4)5/h8-9H,3-7H2,1-2H3;2H,1H2,(H,4,5).